The minimum Gasteiger partial charge on any atom is -0.352 e. The molecular formula is C14H26N4O. The van der Waals surface area contributed by atoms with Crippen LogP contribution in [0.4, 0.5) is 0 Å². The van der Waals surface area contributed by atoms with E-state index in [9.17, 15) is 4.79 Å². The third-order valence-corrected chi connectivity index (χ3v) is 3.34. The Kier molecular flexibility index (Phi) is 7.89. The van der Waals surface area contributed by atoms with Crippen LogP contribution in [0.3, 0.4) is 0 Å². The van der Waals surface area contributed by atoms with E-state index in [-0.39, 0.29) is 5.91 Å². The van der Waals surface area contributed by atoms with Gasteiger partial charge in [0.1, 0.15) is 0 Å². The topological polar surface area (TPSA) is 61.0 Å². The first-order chi connectivity index (χ1) is 9.27. The lowest BCUT2D eigenvalue weighted by atomic mass is 10.2. The number of aromatic nitrogens is 2. The quantitative estimate of drug-likeness (QED) is 0.637. The molecule has 0 saturated heterocycles. The van der Waals surface area contributed by atoms with Crippen molar-refractivity contribution in [3.63, 3.8) is 0 Å². The maximum absolute atomic E-state index is 11.6. The normalized spacial score (nSPS) is 10.9. The summed E-state index contributed by atoms with van der Waals surface area (Å²) in [6.07, 6.45) is 7.85. The van der Waals surface area contributed by atoms with Crippen molar-refractivity contribution in [3.05, 3.63) is 18.0 Å². The molecule has 1 heterocycles. The van der Waals surface area contributed by atoms with E-state index in [2.05, 4.69) is 34.3 Å². The van der Waals surface area contributed by atoms with Gasteiger partial charge in [-0.25, -0.2) is 0 Å². The lowest BCUT2D eigenvalue weighted by molar-refractivity contribution is 0.0953. The molecule has 5 heteroatoms. The Labute approximate surface area is 115 Å². The molecule has 1 aromatic heterocycles. The Morgan fingerprint density at radius 2 is 2.00 bits per heavy atom. The van der Waals surface area contributed by atoms with Crippen molar-refractivity contribution in [2.45, 2.75) is 39.5 Å². The largest absolute Gasteiger partial charge is 0.352 e. The van der Waals surface area contributed by atoms with Crippen molar-refractivity contribution < 1.29 is 4.79 Å². The summed E-state index contributed by atoms with van der Waals surface area (Å²) in [5.74, 6) is -0.0445. The van der Waals surface area contributed by atoms with Crippen molar-refractivity contribution in [2.75, 3.05) is 26.2 Å². The van der Waals surface area contributed by atoms with Crippen LogP contribution in [-0.2, 0) is 0 Å². The fourth-order valence-corrected chi connectivity index (χ4v) is 2.03. The summed E-state index contributed by atoms with van der Waals surface area (Å²) < 4.78 is 0. The van der Waals surface area contributed by atoms with Gasteiger partial charge in [0, 0.05) is 12.7 Å². The Morgan fingerprint density at radius 3 is 2.63 bits per heavy atom. The number of aromatic amines is 1. The smallest absolute Gasteiger partial charge is 0.254 e. The van der Waals surface area contributed by atoms with Crippen molar-refractivity contribution in [1.82, 2.24) is 20.4 Å². The molecule has 0 aliphatic carbocycles. The van der Waals surface area contributed by atoms with Crippen LogP contribution in [-0.4, -0.2) is 47.2 Å². The standard InChI is InChI=1S/C14H26N4O/c1-3-18(4-2)10-8-6-5-7-9-15-14(19)13-11-16-17-12-13/h11-12H,3-10H2,1-2H3,(H,15,19)(H,16,17). The van der Waals surface area contributed by atoms with Gasteiger partial charge in [0.25, 0.3) is 5.91 Å². The fraction of sp³-hybridized carbons (Fsp3) is 0.714. The third-order valence-electron chi connectivity index (χ3n) is 3.34. The van der Waals surface area contributed by atoms with E-state index < -0.39 is 0 Å². The zero-order chi connectivity index (χ0) is 13.9. The molecule has 0 aliphatic heterocycles. The lowest BCUT2D eigenvalue weighted by Crippen LogP contribution is -2.24. The van der Waals surface area contributed by atoms with Gasteiger partial charge in [-0.3, -0.25) is 9.89 Å². The first-order valence-corrected chi connectivity index (χ1v) is 7.27. The Bertz CT molecular complexity index is 333. The molecule has 0 atom stereocenters. The molecule has 2 N–H and O–H groups in total. The highest BCUT2D eigenvalue weighted by atomic mass is 16.1. The van der Waals surface area contributed by atoms with E-state index in [0.29, 0.717) is 5.56 Å². The molecule has 0 spiro atoms. The fourth-order valence-electron chi connectivity index (χ4n) is 2.03. The summed E-state index contributed by atoms with van der Waals surface area (Å²) in [6, 6.07) is 0. The first kappa shape index (κ1) is 15.7. The molecule has 5 nitrogen and oxygen atoms in total. The molecule has 1 rings (SSSR count). The second-order valence-corrected chi connectivity index (χ2v) is 4.68. The van der Waals surface area contributed by atoms with Crippen LogP contribution in [0.15, 0.2) is 12.4 Å². The predicted octanol–water partition coefficient (Wildman–Crippen LogP) is 2.04. The average molecular weight is 266 g/mol. The number of amides is 1. The summed E-state index contributed by atoms with van der Waals surface area (Å²) in [5, 5.41) is 9.29. The van der Waals surface area contributed by atoms with Gasteiger partial charge in [0.15, 0.2) is 0 Å². The molecule has 0 radical (unpaired) electrons. The van der Waals surface area contributed by atoms with Crippen LogP contribution in [0.25, 0.3) is 0 Å². The minimum absolute atomic E-state index is 0.0445. The number of nitrogens with one attached hydrogen (secondary N) is 2. The van der Waals surface area contributed by atoms with E-state index in [1.807, 2.05) is 0 Å². The summed E-state index contributed by atoms with van der Waals surface area (Å²) in [6.45, 7) is 8.61. The number of rotatable bonds is 10. The van der Waals surface area contributed by atoms with Crippen LogP contribution in [0.1, 0.15) is 49.9 Å². The van der Waals surface area contributed by atoms with E-state index in [0.717, 1.165) is 26.1 Å². The Hall–Kier alpha value is -1.36. The Balaban J connectivity index is 1.95. The van der Waals surface area contributed by atoms with Crippen LogP contribution >= 0.6 is 0 Å². The molecule has 0 unspecified atom stereocenters. The Morgan fingerprint density at radius 1 is 1.26 bits per heavy atom. The molecule has 0 bridgehead atoms. The number of carbonyl (C=O) groups is 1. The zero-order valence-corrected chi connectivity index (χ0v) is 12.1. The minimum atomic E-state index is -0.0445. The lowest BCUT2D eigenvalue weighted by Gasteiger charge is -2.17. The number of unbranched alkanes of at least 4 members (excludes halogenated alkanes) is 3. The molecule has 19 heavy (non-hydrogen) atoms. The second kappa shape index (κ2) is 9.55. The summed E-state index contributed by atoms with van der Waals surface area (Å²) >= 11 is 0. The molecule has 0 aliphatic rings. The van der Waals surface area contributed by atoms with Crippen molar-refractivity contribution in [2.24, 2.45) is 0 Å². The van der Waals surface area contributed by atoms with Gasteiger partial charge in [-0.2, -0.15) is 5.10 Å². The highest BCUT2D eigenvalue weighted by molar-refractivity contribution is 5.93. The van der Waals surface area contributed by atoms with Gasteiger partial charge in [0.2, 0.25) is 0 Å². The summed E-state index contributed by atoms with van der Waals surface area (Å²) in [4.78, 5) is 14.0. The summed E-state index contributed by atoms with van der Waals surface area (Å²) in [5.41, 5.74) is 0.599. The monoisotopic (exact) mass is 266 g/mol. The van der Waals surface area contributed by atoms with E-state index in [1.165, 1.54) is 25.8 Å². The van der Waals surface area contributed by atoms with E-state index in [4.69, 9.17) is 0 Å². The van der Waals surface area contributed by atoms with Crippen molar-refractivity contribution in [1.29, 1.82) is 0 Å². The number of hydrogen-bond acceptors (Lipinski definition) is 3. The number of carbonyl (C=O) groups excluding carboxylic acids is 1. The first-order valence-electron chi connectivity index (χ1n) is 7.27. The van der Waals surface area contributed by atoms with Gasteiger partial charge in [-0.1, -0.05) is 26.7 Å². The van der Waals surface area contributed by atoms with Gasteiger partial charge in [-0.15, -0.1) is 0 Å². The summed E-state index contributed by atoms with van der Waals surface area (Å²) in [7, 11) is 0. The SMILES string of the molecule is CCN(CC)CCCCCCNC(=O)c1cn[nH]c1. The van der Waals surface area contributed by atoms with Crippen LogP contribution in [0.2, 0.25) is 0 Å². The third kappa shape index (κ3) is 6.38. The van der Waals surface area contributed by atoms with Crippen LogP contribution < -0.4 is 5.32 Å². The molecule has 108 valence electrons. The van der Waals surface area contributed by atoms with Gasteiger partial charge in [-0.05, 0) is 32.5 Å². The number of H-pyrrole nitrogens is 1. The number of hydrogen-bond donors (Lipinski definition) is 2. The van der Waals surface area contributed by atoms with Gasteiger partial charge >= 0.3 is 0 Å². The van der Waals surface area contributed by atoms with Crippen molar-refractivity contribution in [3.8, 4) is 0 Å². The highest BCUT2D eigenvalue weighted by Crippen LogP contribution is 2.01. The second-order valence-electron chi connectivity index (χ2n) is 4.68. The average Bonchev–Trinajstić information content (AvgIpc) is 2.96. The molecular weight excluding hydrogens is 240 g/mol. The zero-order valence-electron chi connectivity index (χ0n) is 12.1. The van der Waals surface area contributed by atoms with E-state index in [1.54, 1.807) is 12.4 Å². The maximum atomic E-state index is 11.6. The molecule has 0 fully saturated rings. The molecule has 1 amide bonds. The van der Waals surface area contributed by atoms with Crippen LogP contribution in [0.5, 0.6) is 0 Å². The van der Waals surface area contributed by atoms with Gasteiger partial charge < -0.3 is 10.2 Å². The van der Waals surface area contributed by atoms with Crippen LogP contribution in [0, 0.1) is 0 Å². The molecule has 0 aromatic carbocycles. The van der Waals surface area contributed by atoms with Crippen molar-refractivity contribution >= 4 is 5.91 Å². The molecule has 0 saturated carbocycles. The van der Waals surface area contributed by atoms with E-state index >= 15 is 0 Å². The molecule has 1 aromatic rings. The number of nitrogens with zero attached hydrogens (tertiary/aromatic N) is 2. The predicted molar refractivity (Wildman–Crippen MR) is 77.2 cm³/mol. The van der Waals surface area contributed by atoms with Gasteiger partial charge in [0.05, 0.1) is 11.8 Å². The maximum Gasteiger partial charge on any atom is 0.254 e. The highest BCUT2D eigenvalue weighted by Gasteiger charge is 2.04.